The molecular formula is C22H18F3N5O2. The van der Waals surface area contributed by atoms with Gasteiger partial charge in [0.05, 0.1) is 18.1 Å². The predicted molar refractivity (Wildman–Crippen MR) is 110 cm³/mol. The van der Waals surface area contributed by atoms with Crippen molar-refractivity contribution < 1.29 is 22.7 Å². The Morgan fingerprint density at radius 1 is 1.09 bits per heavy atom. The number of hydrogen-bond donors (Lipinski definition) is 1. The molecule has 0 amide bonds. The molecule has 4 aromatic rings. The standard InChI is InChI=1S/C22H18F3N5O2/c1-2-10-30-13-15(11-28-30)16-8-9-26-18(19(16)32-21(31)22(23,24)25)20-27-12-17(29-20)14-6-4-3-5-7-14/h3-9,11-13H,2,10H2,1H3,(H,27,29). The molecule has 164 valence electrons. The summed E-state index contributed by atoms with van der Waals surface area (Å²) in [6.07, 6.45) is 1.77. The summed E-state index contributed by atoms with van der Waals surface area (Å²) in [5.74, 6) is -2.53. The minimum Gasteiger partial charge on any atom is -0.417 e. The number of carbonyl (C=O) groups excluding carboxylic acids is 1. The largest absolute Gasteiger partial charge is 0.491 e. The van der Waals surface area contributed by atoms with Crippen LogP contribution in [0.25, 0.3) is 33.9 Å². The van der Waals surface area contributed by atoms with Crippen molar-refractivity contribution in [2.45, 2.75) is 26.1 Å². The van der Waals surface area contributed by atoms with E-state index in [4.69, 9.17) is 4.74 Å². The number of hydrogen-bond acceptors (Lipinski definition) is 5. The van der Waals surface area contributed by atoms with E-state index >= 15 is 0 Å². The molecule has 0 atom stereocenters. The molecule has 0 aliphatic heterocycles. The summed E-state index contributed by atoms with van der Waals surface area (Å²) in [5.41, 5.74) is 2.17. The molecule has 1 N–H and O–H groups in total. The first kappa shape index (κ1) is 21.3. The van der Waals surface area contributed by atoms with E-state index in [-0.39, 0.29) is 22.8 Å². The molecule has 0 aliphatic rings. The first-order chi connectivity index (χ1) is 15.4. The van der Waals surface area contributed by atoms with E-state index in [0.29, 0.717) is 17.8 Å². The summed E-state index contributed by atoms with van der Waals surface area (Å²) in [5, 5.41) is 4.21. The number of H-pyrrole nitrogens is 1. The highest BCUT2D eigenvalue weighted by atomic mass is 19.4. The van der Waals surface area contributed by atoms with E-state index in [1.165, 1.54) is 24.7 Å². The predicted octanol–water partition coefficient (Wildman–Crippen LogP) is 4.88. The third-order valence-corrected chi connectivity index (χ3v) is 4.61. The number of nitrogens with zero attached hydrogens (tertiary/aromatic N) is 4. The number of imidazole rings is 1. The van der Waals surface area contributed by atoms with Gasteiger partial charge in [-0.25, -0.2) is 14.8 Å². The van der Waals surface area contributed by atoms with Crippen molar-refractivity contribution in [3.63, 3.8) is 0 Å². The number of aromatic amines is 1. The minimum absolute atomic E-state index is 0.0227. The highest BCUT2D eigenvalue weighted by Gasteiger charge is 2.42. The zero-order chi connectivity index (χ0) is 22.7. The van der Waals surface area contributed by atoms with Gasteiger partial charge >= 0.3 is 12.1 Å². The second-order valence-corrected chi connectivity index (χ2v) is 6.93. The molecule has 0 radical (unpaired) electrons. The van der Waals surface area contributed by atoms with Gasteiger partial charge in [-0.2, -0.15) is 18.3 Å². The third-order valence-electron chi connectivity index (χ3n) is 4.61. The van der Waals surface area contributed by atoms with E-state index in [1.807, 2.05) is 37.3 Å². The van der Waals surface area contributed by atoms with Crippen LogP contribution in [0, 0.1) is 0 Å². The maximum Gasteiger partial charge on any atom is 0.491 e. The normalized spacial score (nSPS) is 11.5. The van der Waals surface area contributed by atoms with Crippen molar-refractivity contribution in [1.29, 1.82) is 0 Å². The Balaban J connectivity index is 1.81. The molecule has 0 bridgehead atoms. The topological polar surface area (TPSA) is 85.7 Å². The molecule has 0 saturated carbocycles. The SMILES string of the molecule is CCCn1cc(-c2ccnc(-c3ncc(-c4ccccc4)[nH]3)c2OC(=O)C(F)(F)F)cn1. The zero-order valence-corrected chi connectivity index (χ0v) is 16.9. The Labute approximate surface area is 180 Å². The van der Waals surface area contributed by atoms with Crippen LogP contribution in [0.4, 0.5) is 13.2 Å². The number of aromatic nitrogens is 5. The summed E-state index contributed by atoms with van der Waals surface area (Å²) in [7, 11) is 0. The van der Waals surface area contributed by atoms with Crippen molar-refractivity contribution in [2.24, 2.45) is 0 Å². The monoisotopic (exact) mass is 441 g/mol. The molecule has 1 aromatic carbocycles. The molecule has 0 spiro atoms. The van der Waals surface area contributed by atoms with Crippen molar-refractivity contribution in [3.8, 4) is 39.7 Å². The van der Waals surface area contributed by atoms with Crippen LogP contribution in [0.15, 0.2) is 61.2 Å². The lowest BCUT2D eigenvalue weighted by atomic mass is 10.1. The molecule has 3 aromatic heterocycles. The summed E-state index contributed by atoms with van der Waals surface area (Å²) >= 11 is 0. The van der Waals surface area contributed by atoms with E-state index in [1.54, 1.807) is 10.9 Å². The lowest BCUT2D eigenvalue weighted by Crippen LogP contribution is -2.28. The highest BCUT2D eigenvalue weighted by molar-refractivity contribution is 5.85. The fourth-order valence-corrected chi connectivity index (χ4v) is 3.16. The second kappa shape index (κ2) is 8.66. The molecule has 0 fully saturated rings. The van der Waals surface area contributed by atoms with E-state index in [0.717, 1.165) is 12.0 Å². The van der Waals surface area contributed by atoms with Gasteiger partial charge in [0.15, 0.2) is 11.6 Å². The van der Waals surface area contributed by atoms with E-state index in [9.17, 15) is 18.0 Å². The number of aryl methyl sites for hydroxylation is 1. The van der Waals surface area contributed by atoms with Crippen LogP contribution in [0.1, 0.15) is 13.3 Å². The van der Waals surface area contributed by atoms with Gasteiger partial charge in [0.25, 0.3) is 0 Å². The Hall–Kier alpha value is -3.95. The van der Waals surface area contributed by atoms with Gasteiger partial charge < -0.3 is 9.72 Å². The third kappa shape index (κ3) is 4.39. The van der Waals surface area contributed by atoms with Gasteiger partial charge in [-0.05, 0) is 18.1 Å². The highest BCUT2D eigenvalue weighted by Crippen LogP contribution is 2.38. The maximum absolute atomic E-state index is 13.0. The van der Waals surface area contributed by atoms with Crippen LogP contribution in [-0.2, 0) is 11.3 Å². The minimum atomic E-state index is -5.17. The first-order valence-electron chi connectivity index (χ1n) is 9.78. The molecule has 4 rings (SSSR count). The molecule has 7 nitrogen and oxygen atoms in total. The van der Waals surface area contributed by atoms with Crippen LogP contribution in [0.2, 0.25) is 0 Å². The van der Waals surface area contributed by atoms with Crippen LogP contribution in [0.3, 0.4) is 0 Å². The van der Waals surface area contributed by atoms with Crippen molar-refractivity contribution in [2.75, 3.05) is 0 Å². The smallest absolute Gasteiger partial charge is 0.417 e. The number of esters is 1. The molecule has 10 heteroatoms. The van der Waals surface area contributed by atoms with Crippen molar-refractivity contribution >= 4 is 5.97 Å². The Kier molecular flexibility index (Phi) is 5.76. The number of pyridine rings is 1. The molecular weight excluding hydrogens is 423 g/mol. The number of benzene rings is 1. The fourth-order valence-electron chi connectivity index (χ4n) is 3.16. The molecule has 0 aliphatic carbocycles. The van der Waals surface area contributed by atoms with Gasteiger partial charge in [-0.3, -0.25) is 4.68 Å². The number of carbonyl (C=O) groups is 1. The number of ether oxygens (including phenoxy) is 1. The van der Waals surface area contributed by atoms with Gasteiger partial charge in [-0.15, -0.1) is 0 Å². The summed E-state index contributed by atoms with van der Waals surface area (Å²) in [6, 6.07) is 10.7. The molecule has 0 saturated heterocycles. The molecule has 32 heavy (non-hydrogen) atoms. The fraction of sp³-hybridized carbons (Fsp3) is 0.182. The molecule has 3 heterocycles. The first-order valence-corrected chi connectivity index (χ1v) is 9.78. The summed E-state index contributed by atoms with van der Waals surface area (Å²) in [4.78, 5) is 23.2. The average molecular weight is 441 g/mol. The van der Waals surface area contributed by atoms with Crippen LogP contribution in [0.5, 0.6) is 5.75 Å². The summed E-state index contributed by atoms with van der Waals surface area (Å²) in [6.45, 7) is 2.61. The number of rotatable bonds is 6. The van der Waals surface area contributed by atoms with E-state index < -0.39 is 12.1 Å². The molecule has 0 unspecified atom stereocenters. The van der Waals surface area contributed by atoms with Crippen molar-refractivity contribution in [1.82, 2.24) is 24.7 Å². The lowest BCUT2D eigenvalue weighted by Gasteiger charge is -2.13. The summed E-state index contributed by atoms with van der Waals surface area (Å²) < 4.78 is 45.5. The van der Waals surface area contributed by atoms with Crippen LogP contribution in [-0.4, -0.2) is 36.9 Å². The van der Waals surface area contributed by atoms with Gasteiger partial charge in [0.1, 0.15) is 5.69 Å². The van der Waals surface area contributed by atoms with Gasteiger partial charge in [-0.1, -0.05) is 37.3 Å². The zero-order valence-electron chi connectivity index (χ0n) is 16.9. The van der Waals surface area contributed by atoms with Crippen molar-refractivity contribution in [3.05, 3.63) is 61.2 Å². The number of alkyl halides is 3. The Bertz CT molecular complexity index is 1230. The Morgan fingerprint density at radius 2 is 1.88 bits per heavy atom. The van der Waals surface area contributed by atoms with Crippen LogP contribution < -0.4 is 4.74 Å². The number of nitrogens with one attached hydrogen (secondary N) is 1. The number of halogens is 3. The maximum atomic E-state index is 13.0. The van der Waals surface area contributed by atoms with Gasteiger partial charge in [0, 0.05) is 30.1 Å². The van der Waals surface area contributed by atoms with Crippen LogP contribution >= 0.6 is 0 Å². The average Bonchev–Trinajstić information content (AvgIpc) is 3.44. The quantitative estimate of drug-likeness (QED) is 0.431. The van der Waals surface area contributed by atoms with Gasteiger partial charge in [0.2, 0.25) is 0 Å². The lowest BCUT2D eigenvalue weighted by molar-refractivity contribution is -0.189. The Morgan fingerprint density at radius 3 is 2.59 bits per heavy atom. The second-order valence-electron chi connectivity index (χ2n) is 6.93. The van der Waals surface area contributed by atoms with E-state index in [2.05, 4.69) is 20.1 Å².